The number of hydrogen-bond acceptors (Lipinski definition) is 5. The molecule has 2 amide bonds. The summed E-state index contributed by atoms with van der Waals surface area (Å²) in [4.78, 5) is 53.6. The Kier molecular flexibility index (Phi) is 6.56. The van der Waals surface area contributed by atoms with Gasteiger partial charge >= 0.3 is 5.97 Å². The van der Waals surface area contributed by atoms with Gasteiger partial charge in [-0.3, -0.25) is 19.3 Å². The van der Waals surface area contributed by atoms with Crippen molar-refractivity contribution < 1.29 is 23.9 Å². The Morgan fingerprint density at radius 3 is 2.00 bits per heavy atom. The van der Waals surface area contributed by atoms with Crippen LogP contribution in [0.25, 0.3) is 11.1 Å². The molecule has 0 spiro atoms. The number of Topliss-reactive ketones (excluding diaryl/α,β-unsaturated/α-hetero) is 1. The molecular formula is C30H23Br2NO5. The van der Waals surface area contributed by atoms with E-state index in [1.54, 1.807) is 30.3 Å². The predicted molar refractivity (Wildman–Crippen MR) is 149 cm³/mol. The molecule has 6 nitrogen and oxygen atoms in total. The van der Waals surface area contributed by atoms with E-state index in [0.717, 1.165) is 17.5 Å². The monoisotopic (exact) mass is 635 g/mol. The zero-order chi connectivity index (χ0) is 26.6. The number of benzene rings is 3. The number of nitrogens with zero attached hydrogens (tertiary/aromatic N) is 1. The normalized spacial score (nSPS) is 27.5. The molecule has 2 bridgehead atoms. The molecule has 3 aromatic carbocycles. The summed E-state index contributed by atoms with van der Waals surface area (Å²) in [6.45, 7) is -0.415. The number of fused-ring (bicyclic) bond motifs is 5. The van der Waals surface area contributed by atoms with Gasteiger partial charge in [0.15, 0.2) is 12.4 Å². The molecule has 2 saturated carbocycles. The first-order chi connectivity index (χ1) is 18.3. The van der Waals surface area contributed by atoms with Gasteiger partial charge in [0.05, 0.1) is 23.1 Å². The van der Waals surface area contributed by atoms with Crippen molar-refractivity contribution in [1.29, 1.82) is 0 Å². The van der Waals surface area contributed by atoms with Gasteiger partial charge in [-0.25, -0.2) is 4.79 Å². The van der Waals surface area contributed by atoms with Crippen molar-refractivity contribution in [1.82, 2.24) is 0 Å². The Morgan fingerprint density at radius 1 is 0.763 bits per heavy atom. The largest absolute Gasteiger partial charge is 0.454 e. The number of anilines is 1. The van der Waals surface area contributed by atoms with E-state index in [1.165, 1.54) is 11.0 Å². The molecule has 0 aromatic heterocycles. The molecule has 1 heterocycles. The lowest BCUT2D eigenvalue weighted by molar-refractivity contribution is -0.123. The molecule has 0 N–H and O–H groups in total. The average Bonchev–Trinajstić information content (AvgIpc) is 3.56. The van der Waals surface area contributed by atoms with E-state index in [9.17, 15) is 19.2 Å². The standard InChI is InChI=1S/C30H23Br2NO5/c31-26-21-14-22(27(26)32)25-24(21)28(35)33(29(25)36)20-8-4-7-19(13-20)30(37)38-15-23(34)18-11-9-17(10-12-18)16-5-2-1-3-6-16/h1-13,21-22,24-27H,14-15H2. The van der Waals surface area contributed by atoms with Gasteiger partial charge in [-0.05, 0) is 47.6 Å². The van der Waals surface area contributed by atoms with Crippen molar-refractivity contribution in [2.75, 3.05) is 11.5 Å². The molecule has 2 aliphatic carbocycles. The molecular weight excluding hydrogens is 614 g/mol. The first-order valence-corrected chi connectivity index (χ1v) is 14.3. The van der Waals surface area contributed by atoms with E-state index in [0.29, 0.717) is 11.3 Å². The third-order valence-electron chi connectivity index (χ3n) is 7.98. The molecule has 38 heavy (non-hydrogen) atoms. The quantitative estimate of drug-likeness (QED) is 0.151. The molecule has 6 unspecified atom stereocenters. The Labute approximate surface area is 236 Å². The van der Waals surface area contributed by atoms with Crippen LogP contribution in [0.1, 0.15) is 27.1 Å². The first-order valence-electron chi connectivity index (χ1n) is 12.5. The molecule has 1 saturated heterocycles. The molecule has 3 fully saturated rings. The second-order valence-corrected chi connectivity index (χ2v) is 12.1. The fourth-order valence-electron chi connectivity index (χ4n) is 6.15. The van der Waals surface area contributed by atoms with Gasteiger partial charge in [-0.15, -0.1) is 0 Å². The van der Waals surface area contributed by atoms with Crippen LogP contribution >= 0.6 is 31.9 Å². The topological polar surface area (TPSA) is 80.8 Å². The lowest BCUT2D eigenvalue weighted by Crippen LogP contribution is -2.37. The van der Waals surface area contributed by atoms with Gasteiger partial charge in [0, 0.05) is 15.2 Å². The fraction of sp³-hybridized carbons (Fsp3) is 0.267. The average molecular weight is 637 g/mol. The van der Waals surface area contributed by atoms with E-state index in [2.05, 4.69) is 31.9 Å². The zero-order valence-electron chi connectivity index (χ0n) is 20.1. The van der Waals surface area contributed by atoms with Crippen molar-refractivity contribution in [3.8, 4) is 11.1 Å². The van der Waals surface area contributed by atoms with Gasteiger partial charge in [-0.1, -0.05) is 92.5 Å². The first kappa shape index (κ1) is 25.2. The molecule has 6 atom stereocenters. The van der Waals surface area contributed by atoms with Crippen molar-refractivity contribution in [2.24, 2.45) is 23.7 Å². The van der Waals surface area contributed by atoms with Gasteiger partial charge in [0.2, 0.25) is 11.8 Å². The number of esters is 1. The van der Waals surface area contributed by atoms with Gasteiger partial charge in [-0.2, -0.15) is 0 Å². The minimum absolute atomic E-state index is 0.108. The molecule has 0 radical (unpaired) electrons. The van der Waals surface area contributed by atoms with Crippen molar-refractivity contribution in [3.63, 3.8) is 0 Å². The molecule has 192 valence electrons. The zero-order valence-corrected chi connectivity index (χ0v) is 23.3. The van der Waals surface area contributed by atoms with E-state index >= 15 is 0 Å². The number of carbonyl (C=O) groups excluding carboxylic acids is 4. The summed E-state index contributed by atoms with van der Waals surface area (Å²) in [6, 6.07) is 23.2. The number of halogens is 2. The van der Waals surface area contributed by atoms with E-state index in [4.69, 9.17) is 4.74 Å². The van der Waals surface area contributed by atoms with Crippen LogP contribution < -0.4 is 4.90 Å². The molecule has 3 aromatic rings. The predicted octanol–water partition coefficient (Wildman–Crippen LogP) is 5.68. The number of hydrogen-bond donors (Lipinski definition) is 0. The summed E-state index contributed by atoms with van der Waals surface area (Å²) < 4.78 is 5.29. The van der Waals surface area contributed by atoms with Crippen molar-refractivity contribution in [3.05, 3.63) is 90.0 Å². The summed E-state index contributed by atoms with van der Waals surface area (Å²) in [6.07, 6.45) is 0.849. The smallest absolute Gasteiger partial charge is 0.338 e. The second kappa shape index (κ2) is 9.89. The molecule has 3 aliphatic rings. The van der Waals surface area contributed by atoms with Crippen LogP contribution in [0.3, 0.4) is 0 Å². The van der Waals surface area contributed by atoms with Crippen molar-refractivity contribution >= 4 is 61.1 Å². The number of alkyl halides is 2. The number of ether oxygens (including phenoxy) is 1. The molecule has 8 heteroatoms. The van der Waals surface area contributed by atoms with Crippen LogP contribution in [0.4, 0.5) is 5.69 Å². The summed E-state index contributed by atoms with van der Waals surface area (Å²) in [5, 5.41) is 0. The minimum atomic E-state index is -0.693. The minimum Gasteiger partial charge on any atom is -0.454 e. The maximum absolute atomic E-state index is 13.3. The summed E-state index contributed by atoms with van der Waals surface area (Å²) in [7, 11) is 0. The number of ketones is 1. The van der Waals surface area contributed by atoms with Gasteiger partial charge < -0.3 is 4.74 Å². The lowest BCUT2D eigenvalue weighted by atomic mass is 9.81. The highest BCUT2D eigenvalue weighted by molar-refractivity contribution is 9.12. The fourth-order valence-corrected chi connectivity index (χ4v) is 8.03. The number of rotatable bonds is 6. The molecule has 6 rings (SSSR count). The molecule has 1 aliphatic heterocycles. The van der Waals surface area contributed by atoms with Gasteiger partial charge in [0.25, 0.3) is 0 Å². The highest BCUT2D eigenvalue weighted by atomic mass is 79.9. The van der Waals surface area contributed by atoms with E-state index in [-0.39, 0.29) is 56.5 Å². The van der Waals surface area contributed by atoms with E-state index in [1.807, 2.05) is 42.5 Å². The third kappa shape index (κ3) is 4.14. The van der Waals surface area contributed by atoms with Crippen molar-refractivity contribution in [2.45, 2.75) is 16.1 Å². The van der Waals surface area contributed by atoms with Crippen LogP contribution in [0.2, 0.25) is 0 Å². The number of carbonyl (C=O) groups is 4. The SMILES string of the molecule is O=C(COC(=O)c1cccc(N2C(=O)C3C4CC(C(Br)C4Br)C3C2=O)c1)c1ccc(-c2ccccc2)cc1. The lowest BCUT2D eigenvalue weighted by Gasteiger charge is -2.28. The van der Waals surface area contributed by atoms with Crippen LogP contribution in [0.5, 0.6) is 0 Å². The Balaban J connectivity index is 1.13. The highest BCUT2D eigenvalue weighted by Gasteiger charge is 2.66. The van der Waals surface area contributed by atoms with Crippen LogP contribution in [0.15, 0.2) is 78.9 Å². The Hall–Kier alpha value is -3.10. The Bertz CT molecular complexity index is 1410. The summed E-state index contributed by atoms with van der Waals surface area (Å²) in [5.74, 6) is -1.91. The summed E-state index contributed by atoms with van der Waals surface area (Å²) in [5.41, 5.74) is 2.99. The number of amides is 2. The summed E-state index contributed by atoms with van der Waals surface area (Å²) >= 11 is 7.39. The highest BCUT2D eigenvalue weighted by Crippen LogP contribution is 2.60. The van der Waals surface area contributed by atoms with E-state index < -0.39 is 12.6 Å². The van der Waals surface area contributed by atoms with Crippen LogP contribution in [0, 0.1) is 23.7 Å². The maximum atomic E-state index is 13.3. The van der Waals surface area contributed by atoms with Crippen LogP contribution in [-0.2, 0) is 14.3 Å². The number of imide groups is 1. The van der Waals surface area contributed by atoms with Crippen LogP contribution in [-0.4, -0.2) is 39.8 Å². The Morgan fingerprint density at radius 2 is 1.37 bits per heavy atom. The maximum Gasteiger partial charge on any atom is 0.338 e. The third-order valence-corrected chi connectivity index (χ3v) is 11.2. The second-order valence-electron chi connectivity index (χ2n) is 10.0. The van der Waals surface area contributed by atoms with Gasteiger partial charge in [0.1, 0.15) is 0 Å².